The second kappa shape index (κ2) is 5.99. The van der Waals surface area contributed by atoms with Crippen LogP contribution in [0.15, 0.2) is 66.7 Å². The number of benzene rings is 2. The van der Waals surface area contributed by atoms with Crippen LogP contribution in [0, 0.1) is 6.92 Å². The molecule has 0 aliphatic carbocycles. The molecule has 25 heavy (non-hydrogen) atoms. The molecule has 1 aromatic heterocycles. The summed E-state index contributed by atoms with van der Waals surface area (Å²) in [6.07, 6.45) is 0. The molecule has 1 heterocycles. The molecule has 0 aliphatic heterocycles. The van der Waals surface area contributed by atoms with Crippen molar-refractivity contribution in [3.8, 4) is 0 Å². The van der Waals surface area contributed by atoms with Gasteiger partial charge in [-0.05, 0) is 12.1 Å². The summed E-state index contributed by atoms with van der Waals surface area (Å²) in [5.74, 6) is 0. The Labute approximate surface area is 140 Å². The fourth-order valence-corrected chi connectivity index (χ4v) is 2.34. The van der Waals surface area contributed by atoms with E-state index in [1.165, 1.54) is 22.2 Å². The Morgan fingerprint density at radius 1 is 0.720 bits per heavy atom. The third-order valence-electron chi connectivity index (χ3n) is 3.34. The van der Waals surface area contributed by atoms with Crippen molar-refractivity contribution in [2.24, 2.45) is 0 Å². The van der Waals surface area contributed by atoms with Crippen LogP contribution in [0.5, 0.6) is 0 Å². The number of fused-ring (bicyclic) bond motifs is 1. The predicted octanol–water partition coefficient (Wildman–Crippen LogP) is 6.87. The van der Waals surface area contributed by atoms with Crippen molar-refractivity contribution < 1.29 is 29.7 Å². The van der Waals surface area contributed by atoms with Crippen molar-refractivity contribution in [2.75, 3.05) is 0 Å². The van der Waals surface area contributed by atoms with Gasteiger partial charge in [0.2, 0.25) is 5.52 Å². The van der Waals surface area contributed by atoms with Crippen LogP contribution in [0.4, 0.5) is 25.2 Å². The Kier molecular flexibility index (Phi) is 4.60. The zero-order valence-corrected chi connectivity index (χ0v) is 14.1. The molecule has 0 atom stereocenters. The van der Waals surface area contributed by atoms with Gasteiger partial charge in [0.15, 0.2) is 12.2 Å². The van der Waals surface area contributed by atoms with Gasteiger partial charge in [-0.2, -0.15) is 4.57 Å². The molecular weight excluding hydrogens is 363 g/mol. The standard InChI is InChI=1S/C17H16N.F6P/c1-14-11-12-16-9-5-6-10-17(16)18(14)13-15-7-3-2-4-8-15;1-7(2,3,4,5)6/h2-12H,13H2,1H3;/q+1;-1. The number of hydrogen-bond donors (Lipinski definition) is 0. The van der Waals surface area contributed by atoms with Crippen LogP contribution in [0.25, 0.3) is 10.9 Å². The van der Waals surface area contributed by atoms with E-state index in [1.54, 1.807) is 0 Å². The molecule has 3 aromatic rings. The maximum absolute atomic E-state index is 10.7. The molecular formula is C17H16F6NP. The summed E-state index contributed by atoms with van der Waals surface area (Å²) < 4.78 is 61.6. The van der Waals surface area contributed by atoms with E-state index >= 15 is 0 Å². The van der Waals surface area contributed by atoms with Gasteiger partial charge in [-0.15, -0.1) is 0 Å². The van der Waals surface area contributed by atoms with Gasteiger partial charge in [0.1, 0.15) is 0 Å². The van der Waals surface area contributed by atoms with Gasteiger partial charge in [0.05, 0.1) is 0 Å². The van der Waals surface area contributed by atoms with Gasteiger partial charge in [-0.3, -0.25) is 0 Å². The number of aryl methyl sites for hydroxylation is 1. The van der Waals surface area contributed by atoms with E-state index in [0.717, 1.165) is 6.54 Å². The molecule has 0 bridgehead atoms. The van der Waals surface area contributed by atoms with E-state index < -0.39 is 7.81 Å². The maximum atomic E-state index is 9.87. The van der Waals surface area contributed by atoms with Crippen molar-refractivity contribution in [2.45, 2.75) is 13.5 Å². The van der Waals surface area contributed by atoms with Crippen LogP contribution < -0.4 is 4.57 Å². The normalized spacial score (nSPS) is 14.2. The van der Waals surface area contributed by atoms with Crippen LogP contribution in [0.1, 0.15) is 11.3 Å². The summed E-state index contributed by atoms with van der Waals surface area (Å²) in [6.45, 7) is 3.09. The molecule has 2 aromatic carbocycles. The Morgan fingerprint density at radius 2 is 1.24 bits per heavy atom. The van der Waals surface area contributed by atoms with E-state index in [-0.39, 0.29) is 0 Å². The van der Waals surface area contributed by atoms with Crippen molar-refractivity contribution in [1.82, 2.24) is 0 Å². The topological polar surface area (TPSA) is 3.88 Å². The summed E-state index contributed by atoms with van der Waals surface area (Å²) in [7, 11) is -10.7. The molecule has 0 radical (unpaired) electrons. The second-order valence-corrected chi connectivity index (χ2v) is 7.48. The Morgan fingerprint density at radius 3 is 1.84 bits per heavy atom. The first-order chi connectivity index (χ1) is 11.3. The molecule has 0 unspecified atom stereocenters. The Hall–Kier alpha value is -2.14. The molecule has 8 heteroatoms. The van der Waals surface area contributed by atoms with Crippen molar-refractivity contribution in [3.05, 3.63) is 78.0 Å². The summed E-state index contributed by atoms with van der Waals surface area (Å²) in [5, 5.41) is 1.29. The van der Waals surface area contributed by atoms with Gasteiger partial charge < -0.3 is 0 Å². The first-order valence-electron chi connectivity index (χ1n) is 7.28. The zero-order chi connectivity index (χ0) is 18.8. The fraction of sp³-hybridized carbons (Fsp3) is 0.118. The zero-order valence-electron chi connectivity index (χ0n) is 13.2. The molecule has 1 nitrogen and oxygen atoms in total. The first kappa shape index (κ1) is 19.2. The van der Waals surface area contributed by atoms with E-state index in [2.05, 4.69) is 78.2 Å². The molecule has 0 saturated carbocycles. The number of halogens is 6. The van der Waals surface area contributed by atoms with E-state index in [4.69, 9.17) is 0 Å². The van der Waals surface area contributed by atoms with Crippen LogP contribution in [-0.2, 0) is 6.54 Å². The van der Waals surface area contributed by atoms with Crippen LogP contribution in [0.2, 0.25) is 0 Å². The van der Waals surface area contributed by atoms with Crippen LogP contribution in [-0.4, -0.2) is 0 Å². The summed E-state index contributed by atoms with van der Waals surface area (Å²) >= 11 is 0. The average molecular weight is 379 g/mol. The Balaban J connectivity index is 0.000000277. The predicted molar refractivity (Wildman–Crippen MR) is 88.0 cm³/mol. The number of aromatic nitrogens is 1. The summed E-state index contributed by atoms with van der Waals surface area (Å²) in [6, 6.07) is 23.5. The minimum absolute atomic E-state index is 0.925. The van der Waals surface area contributed by atoms with Gasteiger partial charge in [0, 0.05) is 30.0 Å². The van der Waals surface area contributed by atoms with E-state index in [0.29, 0.717) is 0 Å². The third kappa shape index (κ3) is 7.52. The van der Waals surface area contributed by atoms with Gasteiger partial charge in [0.25, 0.3) is 0 Å². The van der Waals surface area contributed by atoms with Crippen LogP contribution >= 0.6 is 7.81 Å². The quantitative estimate of drug-likeness (QED) is 0.260. The molecule has 0 aliphatic rings. The van der Waals surface area contributed by atoms with Crippen molar-refractivity contribution in [3.63, 3.8) is 0 Å². The molecule has 0 N–H and O–H groups in total. The fourth-order valence-electron chi connectivity index (χ4n) is 2.34. The number of hydrogen-bond acceptors (Lipinski definition) is 0. The van der Waals surface area contributed by atoms with Gasteiger partial charge in [-0.25, -0.2) is 0 Å². The number of rotatable bonds is 2. The van der Waals surface area contributed by atoms with Gasteiger partial charge >= 0.3 is 33.0 Å². The number of pyridine rings is 1. The average Bonchev–Trinajstić information content (AvgIpc) is 2.48. The molecule has 0 amide bonds. The minimum atomic E-state index is -10.7. The molecule has 0 saturated heterocycles. The summed E-state index contributed by atoms with van der Waals surface area (Å²) in [4.78, 5) is 0. The molecule has 136 valence electrons. The van der Waals surface area contributed by atoms with Gasteiger partial charge in [-0.1, -0.05) is 42.5 Å². The van der Waals surface area contributed by atoms with Crippen molar-refractivity contribution in [1.29, 1.82) is 0 Å². The van der Waals surface area contributed by atoms with Crippen LogP contribution in [0.3, 0.4) is 0 Å². The van der Waals surface area contributed by atoms with E-state index in [9.17, 15) is 25.2 Å². The van der Waals surface area contributed by atoms with Crippen molar-refractivity contribution >= 4 is 18.7 Å². The first-order valence-corrected chi connectivity index (χ1v) is 9.31. The SMILES string of the molecule is Cc1ccc2ccccc2[n+]1Cc1ccccc1.F[P-](F)(F)(F)(F)F. The third-order valence-corrected chi connectivity index (χ3v) is 3.34. The van der Waals surface area contributed by atoms with E-state index in [1.807, 2.05) is 0 Å². The Bertz CT molecular complexity index is 865. The molecule has 3 rings (SSSR count). The second-order valence-electron chi connectivity index (χ2n) is 5.56. The number of para-hydroxylation sites is 1. The molecule has 0 fully saturated rings. The monoisotopic (exact) mass is 379 g/mol. The number of nitrogens with zero attached hydrogens (tertiary/aromatic N) is 1. The summed E-state index contributed by atoms with van der Waals surface area (Å²) in [5.41, 5.74) is 3.92. The molecule has 0 spiro atoms.